The Morgan fingerprint density at radius 2 is 1.83 bits per heavy atom. The predicted molar refractivity (Wildman–Crippen MR) is 94.8 cm³/mol. The van der Waals surface area contributed by atoms with Gasteiger partial charge in [-0.3, -0.25) is 14.9 Å². The number of hydrogen-bond acceptors (Lipinski definition) is 3. The van der Waals surface area contributed by atoms with Crippen LogP contribution in [-0.4, -0.2) is 41.9 Å². The number of benzene rings is 2. The van der Waals surface area contributed by atoms with Gasteiger partial charge in [-0.25, -0.2) is 0 Å². The number of alkyl halides is 3. The number of quaternary nitrogens is 1. The highest BCUT2D eigenvalue weighted by Crippen LogP contribution is 2.29. The number of nitro benzene ring substituents is 1. The van der Waals surface area contributed by atoms with Gasteiger partial charge in [0.25, 0.3) is 5.91 Å². The summed E-state index contributed by atoms with van der Waals surface area (Å²) in [6.45, 7) is 2.13. The number of nitro groups is 1. The minimum absolute atomic E-state index is 0.0272. The highest BCUT2D eigenvalue weighted by molar-refractivity contribution is 5.94. The third-order valence-electron chi connectivity index (χ3n) is 4.86. The SMILES string of the molecule is O=C(c1ccc(F)c([N+](=O)[O-])c1)N1CC[NH+](Cc2cccc(C(F)(F)F)c2)CC1. The van der Waals surface area contributed by atoms with E-state index < -0.39 is 34.1 Å². The zero-order chi connectivity index (χ0) is 21.2. The Morgan fingerprint density at radius 1 is 1.14 bits per heavy atom. The second-order valence-corrected chi connectivity index (χ2v) is 6.84. The number of hydrogen-bond donors (Lipinski definition) is 1. The van der Waals surface area contributed by atoms with Crippen LogP contribution in [0.4, 0.5) is 23.2 Å². The van der Waals surface area contributed by atoms with Crippen LogP contribution in [0.25, 0.3) is 0 Å². The molecule has 1 amide bonds. The normalized spacial score (nSPS) is 15.4. The molecular weight excluding hydrogens is 394 g/mol. The van der Waals surface area contributed by atoms with E-state index in [0.29, 0.717) is 38.3 Å². The van der Waals surface area contributed by atoms with Crippen LogP contribution in [0.1, 0.15) is 21.5 Å². The lowest BCUT2D eigenvalue weighted by Crippen LogP contribution is -3.13. The highest BCUT2D eigenvalue weighted by atomic mass is 19.4. The topological polar surface area (TPSA) is 67.9 Å². The average molecular weight is 412 g/mol. The second kappa shape index (κ2) is 8.16. The van der Waals surface area contributed by atoms with Gasteiger partial charge in [0.15, 0.2) is 0 Å². The van der Waals surface area contributed by atoms with Crippen LogP contribution in [0.2, 0.25) is 0 Å². The average Bonchev–Trinajstić information content (AvgIpc) is 2.68. The molecule has 1 saturated heterocycles. The number of amides is 1. The summed E-state index contributed by atoms with van der Waals surface area (Å²) in [5.41, 5.74) is -0.867. The van der Waals surface area contributed by atoms with Crippen molar-refractivity contribution in [1.82, 2.24) is 4.90 Å². The molecule has 1 fully saturated rings. The van der Waals surface area contributed by atoms with E-state index in [1.54, 1.807) is 6.07 Å². The molecule has 2 aromatic rings. The summed E-state index contributed by atoms with van der Waals surface area (Å²) in [5, 5.41) is 10.8. The van der Waals surface area contributed by atoms with Gasteiger partial charge in [0.05, 0.1) is 36.7 Å². The summed E-state index contributed by atoms with van der Waals surface area (Å²) in [6, 6.07) is 8.17. The lowest BCUT2D eigenvalue weighted by Gasteiger charge is -2.32. The maximum Gasteiger partial charge on any atom is 0.416 e. The quantitative estimate of drug-likeness (QED) is 0.476. The highest BCUT2D eigenvalue weighted by Gasteiger charge is 2.31. The first kappa shape index (κ1) is 20.7. The van der Waals surface area contributed by atoms with E-state index in [1.165, 1.54) is 17.0 Å². The first-order chi connectivity index (χ1) is 13.6. The third-order valence-corrected chi connectivity index (χ3v) is 4.86. The molecule has 0 unspecified atom stereocenters. The molecule has 1 heterocycles. The molecule has 0 aliphatic carbocycles. The van der Waals surface area contributed by atoms with Crippen molar-refractivity contribution in [2.45, 2.75) is 12.7 Å². The zero-order valence-corrected chi connectivity index (χ0v) is 15.2. The first-order valence-corrected chi connectivity index (χ1v) is 8.88. The van der Waals surface area contributed by atoms with Crippen LogP contribution >= 0.6 is 0 Å². The molecule has 3 rings (SSSR count). The molecule has 0 spiro atoms. The molecular formula is C19H18F4N3O3+. The second-order valence-electron chi connectivity index (χ2n) is 6.84. The van der Waals surface area contributed by atoms with E-state index >= 15 is 0 Å². The Labute approximate surface area is 163 Å². The van der Waals surface area contributed by atoms with Crippen molar-refractivity contribution in [2.75, 3.05) is 26.2 Å². The Balaban J connectivity index is 1.62. The fourth-order valence-corrected chi connectivity index (χ4v) is 3.32. The van der Waals surface area contributed by atoms with Crippen molar-refractivity contribution in [1.29, 1.82) is 0 Å². The third kappa shape index (κ3) is 4.89. The van der Waals surface area contributed by atoms with Crippen molar-refractivity contribution >= 4 is 11.6 Å². The largest absolute Gasteiger partial charge is 0.416 e. The van der Waals surface area contributed by atoms with Crippen LogP contribution < -0.4 is 4.90 Å². The molecule has 10 heteroatoms. The summed E-state index contributed by atoms with van der Waals surface area (Å²) < 4.78 is 51.9. The molecule has 2 aromatic carbocycles. The monoisotopic (exact) mass is 412 g/mol. The smallest absolute Gasteiger partial charge is 0.328 e. The number of piperazine rings is 1. The number of nitrogens with one attached hydrogen (secondary N) is 1. The summed E-state index contributed by atoms with van der Waals surface area (Å²) in [4.78, 5) is 25.0. The van der Waals surface area contributed by atoms with Crippen molar-refractivity contribution in [3.63, 3.8) is 0 Å². The van der Waals surface area contributed by atoms with Gasteiger partial charge in [-0.15, -0.1) is 0 Å². The van der Waals surface area contributed by atoms with Gasteiger partial charge < -0.3 is 9.80 Å². The van der Waals surface area contributed by atoms with Gasteiger partial charge in [0, 0.05) is 17.2 Å². The van der Waals surface area contributed by atoms with Gasteiger partial charge in [-0.1, -0.05) is 12.1 Å². The van der Waals surface area contributed by atoms with Gasteiger partial charge in [-0.2, -0.15) is 17.6 Å². The molecule has 0 radical (unpaired) electrons. The Morgan fingerprint density at radius 3 is 2.45 bits per heavy atom. The van der Waals surface area contributed by atoms with Gasteiger partial charge >= 0.3 is 11.9 Å². The molecule has 1 aliphatic heterocycles. The van der Waals surface area contributed by atoms with Crippen molar-refractivity contribution < 1.29 is 32.2 Å². The van der Waals surface area contributed by atoms with Crippen molar-refractivity contribution in [2.24, 2.45) is 0 Å². The van der Waals surface area contributed by atoms with Crippen LogP contribution in [0.3, 0.4) is 0 Å². The van der Waals surface area contributed by atoms with Crippen LogP contribution in [0.5, 0.6) is 0 Å². The van der Waals surface area contributed by atoms with Crippen molar-refractivity contribution in [3.8, 4) is 0 Å². The molecule has 0 atom stereocenters. The maximum atomic E-state index is 13.4. The Kier molecular flexibility index (Phi) is 5.83. The zero-order valence-electron chi connectivity index (χ0n) is 15.2. The Bertz CT molecular complexity index is 925. The minimum Gasteiger partial charge on any atom is -0.328 e. The van der Waals surface area contributed by atoms with Gasteiger partial charge in [0.2, 0.25) is 5.82 Å². The van der Waals surface area contributed by atoms with Crippen molar-refractivity contribution in [3.05, 3.63) is 75.1 Å². The lowest BCUT2D eigenvalue weighted by atomic mass is 10.1. The van der Waals surface area contributed by atoms with E-state index in [-0.39, 0.29) is 5.56 Å². The van der Waals surface area contributed by atoms with E-state index in [9.17, 15) is 32.5 Å². The number of rotatable bonds is 4. The Hall–Kier alpha value is -3.01. The molecule has 154 valence electrons. The van der Waals surface area contributed by atoms with E-state index in [1.807, 2.05) is 0 Å². The number of nitrogens with zero attached hydrogens (tertiary/aromatic N) is 2. The number of carbonyl (C=O) groups excluding carboxylic acids is 1. The summed E-state index contributed by atoms with van der Waals surface area (Å²) in [6.07, 6.45) is -4.39. The fraction of sp³-hybridized carbons (Fsp3) is 0.316. The van der Waals surface area contributed by atoms with Crippen LogP contribution in [0, 0.1) is 15.9 Å². The number of carbonyl (C=O) groups is 1. The standard InChI is InChI=1S/C19H17F4N3O3/c20-16-5-4-14(11-17(16)26(28)29)18(27)25-8-6-24(7-9-25)12-13-2-1-3-15(10-13)19(21,22)23/h1-5,10-11H,6-9,12H2/p+1. The van der Waals surface area contributed by atoms with Gasteiger partial charge in [-0.05, 0) is 24.3 Å². The lowest BCUT2D eigenvalue weighted by molar-refractivity contribution is -0.917. The minimum atomic E-state index is -4.39. The van der Waals surface area contributed by atoms with Gasteiger partial charge in [0.1, 0.15) is 6.54 Å². The summed E-state index contributed by atoms with van der Waals surface area (Å²) >= 11 is 0. The molecule has 29 heavy (non-hydrogen) atoms. The predicted octanol–water partition coefficient (Wildman–Crippen LogP) is 2.29. The molecule has 0 bridgehead atoms. The van der Waals surface area contributed by atoms with Crippen LogP contribution in [-0.2, 0) is 12.7 Å². The number of halogens is 4. The molecule has 1 aliphatic rings. The van der Waals surface area contributed by atoms with E-state index in [4.69, 9.17) is 0 Å². The molecule has 6 nitrogen and oxygen atoms in total. The molecule has 0 saturated carbocycles. The summed E-state index contributed by atoms with van der Waals surface area (Å²) in [7, 11) is 0. The van der Waals surface area contributed by atoms with Crippen LogP contribution in [0.15, 0.2) is 42.5 Å². The van der Waals surface area contributed by atoms with E-state index in [0.717, 1.165) is 29.2 Å². The maximum absolute atomic E-state index is 13.4. The fourth-order valence-electron chi connectivity index (χ4n) is 3.32. The molecule has 0 aromatic heterocycles. The summed E-state index contributed by atoms with van der Waals surface area (Å²) in [5.74, 6) is -1.45. The molecule has 1 N–H and O–H groups in total. The first-order valence-electron chi connectivity index (χ1n) is 8.88. The van der Waals surface area contributed by atoms with E-state index in [2.05, 4.69) is 0 Å².